The van der Waals surface area contributed by atoms with Crippen molar-refractivity contribution in [3.8, 4) is 0 Å². The molecular weight excluding hydrogens is 372 g/mol. The quantitative estimate of drug-likeness (QED) is 0.639. The van der Waals surface area contributed by atoms with E-state index in [1.165, 1.54) is 0 Å². The molecule has 2 aromatic heterocycles. The van der Waals surface area contributed by atoms with Gasteiger partial charge in [0.05, 0.1) is 17.6 Å². The van der Waals surface area contributed by atoms with Gasteiger partial charge in [0.15, 0.2) is 5.82 Å². The topological polar surface area (TPSA) is 94.3 Å². The number of para-hydroxylation sites is 2. The summed E-state index contributed by atoms with van der Waals surface area (Å²) in [5.41, 5.74) is 2.26. The van der Waals surface area contributed by atoms with Crippen molar-refractivity contribution < 1.29 is 14.3 Å². The van der Waals surface area contributed by atoms with E-state index in [0.717, 1.165) is 16.9 Å². The maximum atomic E-state index is 12.5. The van der Waals surface area contributed by atoms with Gasteiger partial charge in [0, 0.05) is 53.0 Å². The van der Waals surface area contributed by atoms with Crippen LogP contribution in [0.2, 0.25) is 0 Å². The summed E-state index contributed by atoms with van der Waals surface area (Å²) in [6.45, 7) is 2.63. The summed E-state index contributed by atoms with van der Waals surface area (Å²) < 4.78 is 8.81. The van der Waals surface area contributed by atoms with Gasteiger partial charge in [0.2, 0.25) is 0 Å². The molecule has 1 aromatic carbocycles. The monoisotopic (exact) mass is 396 g/mol. The second-order valence-corrected chi connectivity index (χ2v) is 7.01. The molecule has 0 radical (unpaired) electrons. The first-order valence-electron chi connectivity index (χ1n) is 9.62. The number of imidazole rings is 2. The number of methoxy groups -OCH3 is 1. The molecule has 1 aliphatic heterocycles. The zero-order valence-corrected chi connectivity index (χ0v) is 16.6. The van der Waals surface area contributed by atoms with Crippen LogP contribution in [0.25, 0.3) is 11.0 Å². The maximum Gasteiger partial charge on any atom is 0.290 e. The third kappa shape index (κ3) is 3.73. The van der Waals surface area contributed by atoms with Crippen molar-refractivity contribution in [2.75, 3.05) is 33.4 Å². The van der Waals surface area contributed by atoms with Crippen molar-refractivity contribution in [1.82, 2.24) is 29.3 Å². The fraction of sp³-hybridized carbons (Fsp3) is 0.400. The Bertz CT molecular complexity index is 1050. The maximum absolute atomic E-state index is 12.5. The Morgan fingerprint density at radius 2 is 2.07 bits per heavy atom. The number of nitrogens with one attached hydrogen (secondary N) is 1. The summed E-state index contributed by atoms with van der Waals surface area (Å²) >= 11 is 0. The number of hydrogen-bond acceptors (Lipinski definition) is 5. The van der Waals surface area contributed by atoms with E-state index >= 15 is 0 Å². The molecule has 0 saturated carbocycles. The van der Waals surface area contributed by atoms with Crippen LogP contribution >= 0.6 is 0 Å². The number of aryl methyl sites for hydroxylation is 1. The highest BCUT2D eigenvalue weighted by Crippen LogP contribution is 2.15. The van der Waals surface area contributed by atoms with E-state index in [-0.39, 0.29) is 17.5 Å². The summed E-state index contributed by atoms with van der Waals surface area (Å²) in [6.07, 6.45) is 2.25. The molecule has 1 aliphatic rings. The Labute approximate surface area is 168 Å². The number of hydrogen-bond donors (Lipinski definition) is 1. The third-order valence-electron chi connectivity index (χ3n) is 5.18. The molecule has 152 valence electrons. The lowest BCUT2D eigenvalue weighted by molar-refractivity contribution is 0.0633. The fourth-order valence-corrected chi connectivity index (χ4v) is 3.55. The van der Waals surface area contributed by atoms with Crippen molar-refractivity contribution in [2.45, 2.75) is 13.0 Å². The van der Waals surface area contributed by atoms with Gasteiger partial charge >= 0.3 is 0 Å². The number of benzene rings is 1. The van der Waals surface area contributed by atoms with Gasteiger partial charge in [-0.25, -0.2) is 9.97 Å². The molecule has 9 nitrogen and oxygen atoms in total. The van der Waals surface area contributed by atoms with Crippen molar-refractivity contribution in [3.05, 3.63) is 47.8 Å². The minimum Gasteiger partial charge on any atom is -0.383 e. The van der Waals surface area contributed by atoms with Crippen LogP contribution in [0, 0.1) is 0 Å². The number of carbonyl (C=O) groups excluding carboxylic acids is 2. The van der Waals surface area contributed by atoms with Gasteiger partial charge in [-0.15, -0.1) is 0 Å². The molecule has 1 N–H and O–H groups in total. The minimum atomic E-state index is -0.290. The normalized spacial score (nSPS) is 13.7. The first-order valence-corrected chi connectivity index (χ1v) is 9.62. The summed E-state index contributed by atoms with van der Waals surface area (Å²) in [6, 6.07) is 7.93. The molecule has 0 fully saturated rings. The Kier molecular flexibility index (Phi) is 5.30. The highest BCUT2D eigenvalue weighted by molar-refractivity contribution is 5.96. The van der Waals surface area contributed by atoms with Crippen molar-refractivity contribution >= 4 is 22.8 Å². The largest absolute Gasteiger partial charge is 0.383 e. The molecule has 0 atom stereocenters. The van der Waals surface area contributed by atoms with E-state index < -0.39 is 0 Å². The second kappa shape index (κ2) is 8.04. The van der Waals surface area contributed by atoms with Gasteiger partial charge < -0.3 is 24.1 Å². The predicted molar refractivity (Wildman–Crippen MR) is 107 cm³/mol. The summed E-state index contributed by atoms with van der Waals surface area (Å²) in [5.74, 6) is 0.737. The van der Waals surface area contributed by atoms with E-state index in [0.29, 0.717) is 45.0 Å². The molecule has 4 rings (SSSR count). The lowest BCUT2D eigenvalue weighted by atomic mass is 10.3. The van der Waals surface area contributed by atoms with E-state index in [4.69, 9.17) is 4.74 Å². The number of fused-ring (bicyclic) bond motifs is 2. The zero-order chi connectivity index (χ0) is 20.4. The standard InChI is InChI=1S/C20H24N6O3/c1-24-16-6-4-3-5-14(16)22-17(24)7-8-21-19(27)15-13-26-10-9-25(11-12-29-2)20(28)18(26)23-15/h3-6,13H,7-12H2,1-2H3,(H,21,27). The van der Waals surface area contributed by atoms with Gasteiger partial charge in [-0.1, -0.05) is 12.1 Å². The average Bonchev–Trinajstić information content (AvgIpc) is 3.30. The highest BCUT2D eigenvalue weighted by atomic mass is 16.5. The van der Waals surface area contributed by atoms with E-state index in [9.17, 15) is 9.59 Å². The molecule has 9 heteroatoms. The van der Waals surface area contributed by atoms with Gasteiger partial charge in [-0.2, -0.15) is 0 Å². The highest BCUT2D eigenvalue weighted by Gasteiger charge is 2.28. The number of carbonyl (C=O) groups is 2. The summed E-state index contributed by atoms with van der Waals surface area (Å²) in [4.78, 5) is 35.6. The fourth-order valence-electron chi connectivity index (χ4n) is 3.55. The number of nitrogens with zero attached hydrogens (tertiary/aromatic N) is 5. The van der Waals surface area contributed by atoms with Gasteiger partial charge in [-0.3, -0.25) is 9.59 Å². The molecule has 2 amide bonds. The summed E-state index contributed by atoms with van der Waals surface area (Å²) in [5, 5.41) is 2.88. The zero-order valence-electron chi connectivity index (χ0n) is 16.6. The SMILES string of the molecule is COCCN1CCn2cc(C(=O)NCCc3nc4ccccc4n3C)nc2C1=O. The molecular formula is C20H24N6O3. The smallest absolute Gasteiger partial charge is 0.290 e. The molecule has 0 bridgehead atoms. The van der Waals surface area contributed by atoms with Crippen LogP contribution in [0.3, 0.4) is 0 Å². The van der Waals surface area contributed by atoms with Crippen molar-refractivity contribution in [3.63, 3.8) is 0 Å². The number of ether oxygens (including phenoxy) is 1. The summed E-state index contributed by atoms with van der Waals surface area (Å²) in [7, 11) is 3.57. The first-order chi connectivity index (χ1) is 14.1. The molecule has 3 heterocycles. The first kappa shape index (κ1) is 19.1. The lowest BCUT2D eigenvalue weighted by Gasteiger charge is -2.26. The molecule has 0 saturated heterocycles. The van der Waals surface area contributed by atoms with Crippen LogP contribution in [0.15, 0.2) is 30.5 Å². The Morgan fingerprint density at radius 1 is 1.24 bits per heavy atom. The number of amides is 2. The van der Waals surface area contributed by atoms with Crippen LogP contribution < -0.4 is 5.32 Å². The number of rotatable bonds is 7. The Balaban J connectivity index is 1.38. The van der Waals surface area contributed by atoms with Crippen LogP contribution in [-0.4, -0.2) is 69.2 Å². The van der Waals surface area contributed by atoms with Crippen LogP contribution in [0.5, 0.6) is 0 Å². The second-order valence-electron chi connectivity index (χ2n) is 7.01. The molecule has 0 aliphatic carbocycles. The van der Waals surface area contributed by atoms with Gasteiger partial charge in [0.25, 0.3) is 11.8 Å². The van der Waals surface area contributed by atoms with Gasteiger partial charge in [-0.05, 0) is 12.1 Å². The Morgan fingerprint density at radius 3 is 2.86 bits per heavy atom. The van der Waals surface area contributed by atoms with Crippen LogP contribution in [-0.2, 0) is 24.8 Å². The third-order valence-corrected chi connectivity index (χ3v) is 5.18. The molecule has 3 aromatic rings. The van der Waals surface area contributed by atoms with Crippen LogP contribution in [0.1, 0.15) is 26.9 Å². The van der Waals surface area contributed by atoms with Crippen molar-refractivity contribution in [2.24, 2.45) is 7.05 Å². The van der Waals surface area contributed by atoms with Gasteiger partial charge in [0.1, 0.15) is 11.5 Å². The van der Waals surface area contributed by atoms with Crippen LogP contribution in [0.4, 0.5) is 0 Å². The number of aromatic nitrogens is 4. The lowest BCUT2D eigenvalue weighted by Crippen LogP contribution is -2.42. The minimum absolute atomic E-state index is 0.174. The van der Waals surface area contributed by atoms with Crippen molar-refractivity contribution in [1.29, 1.82) is 0 Å². The molecule has 0 spiro atoms. The van der Waals surface area contributed by atoms with E-state index in [1.807, 2.05) is 35.9 Å². The van der Waals surface area contributed by atoms with E-state index in [1.54, 1.807) is 22.8 Å². The molecule has 0 unspecified atom stereocenters. The molecule has 29 heavy (non-hydrogen) atoms. The van der Waals surface area contributed by atoms with E-state index in [2.05, 4.69) is 15.3 Å². The predicted octanol–water partition coefficient (Wildman–Crippen LogP) is 0.844. The Hall–Kier alpha value is -3.20. The average molecular weight is 396 g/mol.